The number of fused-ring (bicyclic) bond motifs is 1. The molecular formula is C25H22N5+. The van der Waals surface area contributed by atoms with Crippen molar-refractivity contribution >= 4 is 5.71 Å². The Morgan fingerprint density at radius 3 is 2.20 bits per heavy atom. The Hall–Kier alpha value is -3.72. The molecule has 5 heteroatoms. The summed E-state index contributed by atoms with van der Waals surface area (Å²) in [5.41, 5.74) is 1.28. The second-order valence-corrected chi connectivity index (χ2v) is 8.03. The first kappa shape index (κ1) is 19.6. The summed E-state index contributed by atoms with van der Waals surface area (Å²) < 4.78 is 0. The van der Waals surface area contributed by atoms with Gasteiger partial charge in [-0.1, -0.05) is 60.7 Å². The minimum atomic E-state index is -1.64. The zero-order valence-corrected chi connectivity index (χ0v) is 16.5. The van der Waals surface area contributed by atoms with Gasteiger partial charge < -0.3 is 10.3 Å². The van der Waals surface area contributed by atoms with Crippen molar-refractivity contribution in [3.05, 3.63) is 83.4 Å². The van der Waals surface area contributed by atoms with Crippen LogP contribution in [-0.4, -0.2) is 18.8 Å². The minimum Gasteiger partial charge on any atom is -0.327 e. The molecule has 2 unspecified atom stereocenters. The van der Waals surface area contributed by atoms with E-state index in [1.165, 1.54) is 10.5 Å². The van der Waals surface area contributed by atoms with Gasteiger partial charge >= 0.3 is 0 Å². The molecule has 4 atom stereocenters. The Morgan fingerprint density at radius 1 is 0.967 bits per heavy atom. The number of nitrogens with zero attached hydrogens (tertiary/aromatic N) is 3. The Balaban J connectivity index is 1.80. The second-order valence-electron chi connectivity index (χ2n) is 8.03. The third-order valence-electron chi connectivity index (χ3n) is 6.42. The predicted molar refractivity (Wildman–Crippen MR) is 112 cm³/mol. The third kappa shape index (κ3) is 3.09. The molecule has 0 aromatic heterocycles. The zero-order valence-electron chi connectivity index (χ0n) is 16.5. The first-order valence-electron chi connectivity index (χ1n) is 10.1. The van der Waals surface area contributed by atoms with Gasteiger partial charge in [0, 0.05) is 17.4 Å². The number of hydrogen-bond acceptors (Lipinski definition) is 4. The van der Waals surface area contributed by atoms with Gasteiger partial charge in [0.2, 0.25) is 0 Å². The zero-order chi connectivity index (χ0) is 21.1. The maximum atomic E-state index is 10.1. The van der Waals surface area contributed by atoms with Gasteiger partial charge in [-0.2, -0.15) is 15.8 Å². The van der Waals surface area contributed by atoms with Crippen LogP contribution in [0, 0.1) is 56.7 Å². The standard InChI is InChI=1S/C25H21N5/c26-13-21-20-11-12-30(14-18-7-3-1-4-8-18)15-22(20)23(19-9-5-2-6-10-19)25(16-27,17-28)24(21)29/h1-11,21-23,29H,12,14-15H2/p+1/t21?,22-,23+/m1/s1. The fraction of sp³-hybridized carbons (Fsp3) is 0.280. The molecular weight excluding hydrogens is 370 g/mol. The maximum absolute atomic E-state index is 10.1. The SMILES string of the molecule is N#CC1C(=N)C(C#N)(C#N)[C@@H](c2ccccc2)[C@@H]2C[NH+](Cc3ccccc3)CC=C12. The summed E-state index contributed by atoms with van der Waals surface area (Å²) in [4.78, 5) is 1.32. The smallest absolute Gasteiger partial charge is 0.189 e. The van der Waals surface area contributed by atoms with E-state index in [0.717, 1.165) is 30.8 Å². The molecule has 0 bridgehead atoms. The molecule has 0 radical (unpaired) electrons. The largest absolute Gasteiger partial charge is 0.327 e. The first-order valence-corrected chi connectivity index (χ1v) is 10.1. The number of nitriles is 3. The van der Waals surface area contributed by atoms with E-state index in [1.54, 1.807) is 0 Å². The first-order chi connectivity index (χ1) is 14.6. The van der Waals surface area contributed by atoms with Crippen LogP contribution in [0.5, 0.6) is 0 Å². The summed E-state index contributed by atoms with van der Waals surface area (Å²) in [7, 11) is 0. The minimum absolute atomic E-state index is 0.0853. The molecule has 0 saturated heterocycles. The molecule has 2 aliphatic rings. The van der Waals surface area contributed by atoms with E-state index in [0.29, 0.717) is 0 Å². The van der Waals surface area contributed by atoms with Gasteiger partial charge in [0.05, 0.1) is 37.0 Å². The van der Waals surface area contributed by atoms with Crippen molar-refractivity contribution in [1.82, 2.24) is 0 Å². The molecule has 1 saturated carbocycles. The van der Waals surface area contributed by atoms with Gasteiger partial charge in [0.25, 0.3) is 0 Å². The molecule has 1 aliphatic heterocycles. The number of quaternary nitrogens is 1. The van der Waals surface area contributed by atoms with E-state index in [1.807, 2.05) is 48.5 Å². The average molecular weight is 392 g/mol. The van der Waals surface area contributed by atoms with Crippen molar-refractivity contribution in [3.8, 4) is 18.2 Å². The molecule has 2 aromatic carbocycles. The summed E-state index contributed by atoms with van der Waals surface area (Å²) in [6.07, 6.45) is 2.07. The second kappa shape index (κ2) is 7.96. The normalized spacial score (nSPS) is 27.0. The van der Waals surface area contributed by atoms with Gasteiger partial charge in [-0.15, -0.1) is 0 Å². The Labute approximate surface area is 176 Å². The average Bonchev–Trinajstić information content (AvgIpc) is 2.80. The Morgan fingerprint density at radius 2 is 1.60 bits per heavy atom. The van der Waals surface area contributed by atoms with Crippen LogP contribution in [0.4, 0.5) is 0 Å². The highest BCUT2D eigenvalue weighted by atomic mass is 15.1. The lowest BCUT2D eigenvalue weighted by atomic mass is 9.54. The van der Waals surface area contributed by atoms with Crippen molar-refractivity contribution in [2.24, 2.45) is 17.3 Å². The summed E-state index contributed by atoms with van der Waals surface area (Å²) in [5.74, 6) is -1.42. The number of benzene rings is 2. The van der Waals surface area contributed by atoms with Crippen LogP contribution >= 0.6 is 0 Å². The quantitative estimate of drug-likeness (QED) is 0.785. The van der Waals surface area contributed by atoms with E-state index in [4.69, 9.17) is 5.41 Å². The molecule has 1 aliphatic carbocycles. The van der Waals surface area contributed by atoms with Gasteiger partial charge in [-0.3, -0.25) is 0 Å². The molecule has 1 heterocycles. The molecule has 1 fully saturated rings. The highest BCUT2D eigenvalue weighted by Crippen LogP contribution is 2.52. The molecule has 146 valence electrons. The van der Waals surface area contributed by atoms with Gasteiger partial charge in [-0.05, 0) is 17.2 Å². The lowest BCUT2D eigenvalue weighted by molar-refractivity contribution is -0.913. The fourth-order valence-electron chi connectivity index (χ4n) is 5.03. The molecule has 0 spiro atoms. The highest BCUT2D eigenvalue weighted by Gasteiger charge is 2.58. The van der Waals surface area contributed by atoms with E-state index < -0.39 is 17.3 Å². The number of rotatable bonds is 3. The third-order valence-corrected chi connectivity index (χ3v) is 6.42. The predicted octanol–water partition coefficient (Wildman–Crippen LogP) is 2.62. The number of hydrogen-bond donors (Lipinski definition) is 2. The number of nitrogens with one attached hydrogen (secondary N) is 2. The van der Waals surface area contributed by atoms with E-state index in [9.17, 15) is 15.8 Å². The monoisotopic (exact) mass is 392 g/mol. The van der Waals surface area contributed by atoms with Crippen molar-refractivity contribution in [2.75, 3.05) is 13.1 Å². The van der Waals surface area contributed by atoms with Crippen LogP contribution in [-0.2, 0) is 6.54 Å². The van der Waals surface area contributed by atoms with Crippen LogP contribution in [0.3, 0.4) is 0 Å². The van der Waals surface area contributed by atoms with Gasteiger partial charge in [0.1, 0.15) is 12.5 Å². The summed E-state index contributed by atoms with van der Waals surface area (Å²) in [6, 6.07) is 26.3. The Kier molecular flexibility index (Phi) is 5.20. The Bertz CT molecular complexity index is 1080. The van der Waals surface area contributed by atoms with Crippen molar-refractivity contribution in [1.29, 1.82) is 21.2 Å². The summed E-state index contributed by atoms with van der Waals surface area (Å²) in [5, 5.41) is 38.7. The van der Waals surface area contributed by atoms with Crippen molar-refractivity contribution < 1.29 is 4.90 Å². The lowest BCUT2D eigenvalue weighted by Gasteiger charge is -2.46. The van der Waals surface area contributed by atoms with Crippen LogP contribution in [0.2, 0.25) is 0 Å². The lowest BCUT2D eigenvalue weighted by Crippen LogP contribution is -3.12. The van der Waals surface area contributed by atoms with Crippen LogP contribution in [0.1, 0.15) is 17.0 Å². The topological polar surface area (TPSA) is 99.7 Å². The summed E-state index contributed by atoms with van der Waals surface area (Å²) in [6.45, 7) is 2.32. The van der Waals surface area contributed by atoms with E-state index in [-0.39, 0.29) is 11.6 Å². The summed E-state index contributed by atoms with van der Waals surface area (Å²) >= 11 is 0. The van der Waals surface area contributed by atoms with Crippen molar-refractivity contribution in [3.63, 3.8) is 0 Å². The molecule has 4 rings (SSSR count). The van der Waals surface area contributed by atoms with E-state index >= 15 is 0 Å². The van der Waals surface area contributed by atoms with Crippen molar-refractivity contribution in [2.45, 2.75) is 12.5 Å². The molecule has 2 N–H and O–H groups in total. The van der Waals surface area contributed by atoms with Crippen LogP contribution in [0.25, 0.3) is 0 Å². The maximum Gasteiger partial charge on any atom is 0.189 e. The van der Waals surface area contributed by atoms with Gasteiger partial charge in [-0.25, -0.2) is 0 Å². The van der Waals surface area contributed by atoms with Crippen LogP contribution < -0.4 is 4.90 Å². The van der Waals surface area contributed by atoms with Crippen LogP contribution in [0.15, 0.2) is 72.3 Å². The van der Waals surface area contributed by atoms with Gasteiger partial charge in [0.15, 0.2) is 5.41 Å². The molecule has 30 heavy (non-hydrogen) atoms. The highest BCUT2D eigenvalue weighted by molar-refractivity contribution is 6.00. The molecule has 0 amide bonds. The fourth-order valence-corrected chi connectivity index (χ4v) is 5.03. The molecule has 2 aromatic rings. The van der Waals surface area contributed by atoms with E-state index in [2.05, 4.69) is 36.4 Å². The molecule has 5 nitrogen and oxygen atoms in total.